The number of unbranched alkanes of at least 4 members (excludes halogenated alkanes) is 1. The summed E-state index contributed by atoms with van der Waals surface area (Å²) in [6.07, 6.45) is -0.0173. The highest BCUT2D eigenvalue weighted by Gasteiger charge is 2.35. The molecule has 0 saturated carbocycles. The predicted molar refractivity (Wildman–Crippen MR) is 274 cm³/mol. The molecule has 1 aliphatic heterocycles. The quantitative estimate of drug-likeness (QED) is 0.0375. The van der Waals surface area contributed by atoms with Crippen molar-refractivity contribution in [1.82, 2.24) is 36.9 Å². The molecule has 70 heavy (non-hydrogen) atoms. The zero-order valence-electron chi connectivity index (χ0n) is 39.8. The highest BCUT2D eigenvalue weighted by atomic mass is 33.1. The molecular weight excluding hydrogens is 935 g/mol. The van der Waals surface area contributed by atoms with E-state index in [1.807, 2.05) is 72.8 Å². The molecule has 20 heteroatoms. The van der Waals surface area contributed by atoms with E-state index in [0.717, 1.165) is 16.5 Å². The number of hydrogen-bond acceptors (Lipinski definition) is 14. The van der Waals surface area contributed by atoms with Crippen molar-refractivity contribution in [3.8, 4) is 0 Å². The summed E-state index contributed by atoms with van der Waals surface area (Å²) in [6, 6.07) is 18.4. The maximum absolute atomic E-state index is 14.7. The number of carbonyl (C=O) groups excluding carboxylic acids is 5. The van der Waals surface area contributed by atoms with Gasteiger partial charge >= 0.3 is 0 Å². The summed E-state index contributed by atoms with van der Waals surface area (Å²) < 4.78 is 0. The molecular formula is C50H71N9O9S2. The molecule has 382 valence electrons. The standard InChI is InChI=1S/C50H71N9O9S2/c1-30(61)38-21-20-34(45(63)58-43(27-60)31(2)62)28-69-70-29-44(59-46(64)37(52)23-32-13-5-3-6-14-32)50(68)56-41(24-33-15-7-4-8-16-33)48(66)57-42(25-35-26-53-39-18-10-9-17-36(35)39)49(67)55-40(47(65)54-38)19-11-12-22-51/h3-10,13-18,26,30-31,34,37-38,40-44,46,53,59-62,64H,11-12,19-25,27-29,51-52H2,1-2H3,(H,54,65)(H,55,67)(H,56,68)(H,57,66)(H,58,63). The summed E-state index contributed by atoms with van der Waals surface area (Å²) in [5.41, 5.74) is 15.4. The molecule has 18 nitrogen and oxygen atoms in total. The number of aromatic nitrogens is 1. The Kier molecular flexibility index (Phi) is 22.9. The number of rotatable bonds is 18. The minimum absolute atomic E-state index is 0.000215. The first-order chi connectivity index (χ1) is 33.7. The number of amides is 5. The van der Waals surface area contributed by atoms with Gasteiger partial charge in [-0.1, -0.05) is 100 Å². The van der Waals surface area contributed by atoms with Crippen LogP contribution in [0.1, 0.15) is 62.6 Å². The number of fused-ring (bicyclic) bond motifs is 1. The molecule has 1 aliphatic rings. The summed E-state index contributed by atoms with van der Waals surface area (Å²) in [7, 11) is 2.49. The van der Waals surface area contributed by atoms with Crippen LogP contribution in [0.5, 0.6) is 0 Å². The third kappa shape index (κ3) is 17.4. The topological polar surface area (TPSA) is 306 Å². The van der Waals surface area contributed by atoms with E-state index in [-0.39, 0.29) is 50.0 Å². The number of aromatic amines is 1. The van der Waals surface area contributed by atoms with Gasteiger partial charge in [0.05, 0.1) is 36.9 Å². The highest BCUT2D eigenvalue weighted by Crippen LogP contribution is 2.28. The molecule has 15 N–H and O–H groups in total. The van der Waals surface area contributed by atoms with Gasteiger partial charge in [-0.2, -0.15) is 0 Å². The van der Waals surface area contributed by atoms with Crippen LogP contribution in [0.15, 0.2) is 91.1 Å². The lowest BCUT2D eigenvalue weighted by Crippen LogP contribution is -2.61. The second-order valence-corrected chi connectivity index (χ2v) is 20.5. The Bertz CT molecular complexity index is 2260. The van der Waals surface area contributed by atoms with E-state index in [1.165, 1.54) is 35.4 Å². The van der Waals surface area contributed by atoms with E-state index in [1.54, 1.807) is 18.3 Å². The van der Waals surface area contributed by atoms with Crippen LogP contribution in [0.2, 0.25) is 0 Å². The molecule has 11 atom stereocenters. The van der Waals surface area contributed by atoms with Crippen molar-refractivity contribution in [2.45, 2.75) is 126 Å². The molecule has 2 heterocycles. The van der Waals surface area contributed by atoms with Gasteiger partial charge in [-0.15, -0.1) is 0 Å². The van der Waals surface area contributed by atoms with Crippen LogP contribution in [-0.4, -0.2) is 140 Å². The molecule has 0 bridgehead atoms. The van der Waals surface area contributed by atoms with Crippen LogP contribution < -0.4 is 43.4 Å². The average molecular weight is 1010 g/mol. The van der Waals surface area contributed by atoms with Gasteiger partial charge < -0.3 is 63.5 Å². The van der Waals surface area contributed by atoms with E-state index in [4.69, 9.17) is 11.5 Å². The van der Waals surface area contributed by atoms with Crippen LogP contribution in [-0.2, 0) is 43.2 Å². The van der Waals surface area contributed by atoms with E-state index < -0.39 is 103 Å². The maximum atomic E-state index is 14.7. The number of nitrogens with two attached hydrogens (primary N) is 2. The van der Waals surface area contributed by atoms with E-state index in [0.29, 0.717) is 30.5 Å². The minimum Gasteiger partial charge on any atom is -0.394 e. The first-order valence-corrected chi connectivity index (χ1v) is 26.4. The number of nitrogens with one attached hydrogen (secondary N) is 7. The fraction of sp³-hybridized carbons (Fsp3) is 0.500. The SMILES string of the molecule is CC(O)C(CO)NC(=O)C1CCC(C(C)O)NC(=O)C(CCCCN)NC(=O)C(Cc2c[nH]c3ccccc23)NC(=O)C(Cc2ccccc2)NC(=O)C(NC(O)C(N)Cc2ccccc2)CSSC1. The Morgan fingerprint density at radius 2 is 1.34 bits per heavy atom. The largest absolute Gasteiger partial charge is 0.394 e. The molecule has 0 radical (unpaired) electrons. The molecule has 1 saturated heterocycles. The van der Waals surface area contributed by atoms with Gasteiger partial charge in [-0.05, 0) is 81.7 Å². The van der Waals surface area contributed by atoms with Crippen molar-refractivity contribution in [2.75, 3.05) is 24.7 Å². The number of carbonyl (C=O) groups is 5. The third-order valence-corrected chi connectivity index (χ3v) is 14.9. The van der Waals surface area contributed by atoms with Crippen LogP contribution in [0.3, 0.4) is 0 Å². The van der Waals surface area contributed by atoms with Crippen LogP contribution in [0, 0.1) is 5.92 Å². The Hall–Kier alpha value is -5.03. The molecule has 0 spiro atoms. The number of para-hydroxylation sites is 1. The zero-order valence-corrected chi connectivity index (χ0v) is 41.4. The van der Waals surface area contributed by atoms with Crippen molar-refractivity contribution in [3.05, 3.63) is 108 Å². The Morgan fingerprint density at radius 1 is 0.743 bits per heavy atom. The van der Waals surface area contributed by atoms with Crippen LogP contribution in [0.4, 0.5) is 0 Å². The van der Waals surface area contributed by atoms with Gasteiger partial charge in [-0.25, -0.2) is 0 Å². The zero-order chi connectivity index (χ0) is 50.6. The first-order valence-electron chi connectivity index (χ1n) is 23.9. The summed E-state index contributed by atoms with van der Waals surface area (Å²) in [4.78, 5) is 75.3. The number of aliphatic hydroxyl groups excluding tert-OH is 4. The average Bonchev–Trinajstić information content (AvgIpc) is 3.76. The lowest BCUT2D eigenvalue weighted by Gasteiger charge is -2.30. The highest BCUT2D eigenvalue weighted by molar-refractivity contribution is 8.76. The molecule has 3 aromatic carbocycles. The van der Waals surface area contributed by atoms with Gasteiger partial charge in [0, 0.05) is 53.4 Å². The van der Waals surface area contributed by atoms with Gasteiger partial charge in [0.15, 0.2) is 0 Å². The second kappa shape index (κ2) is 28.7. The second-order valence-electron chi connectivity index (χ2n) is 18.0. The fourth-order valence-electron chi connectivity index (χ4n) is 8.15. The predicted octanol–water partition coefficient (Wildman–Crippen LogP) is 0.898. The van der Waals surface area contributed by atoms with Crippen LogP contribution in [0.25, 0.3) is 10.9 Å². The van der Waals surface area contributed by atoms with E-state index in [9.17, 15) is 44.4 Å². The minimum atomic E-state index is -1.38. The Balaban J connectivity index is 1.54. The molecule has 11 unspecified atom stereocenters. The number of aliphatic hydroxyl groups is 4. The molecule has 1 aromatic heterocycles. The van der Waals surface area contributed by atoms with Gasteiger partial charge in [0.2, 0.25) is 29.5 Å². The molecule has 1 fully saturated rings. The maximum Gasteiger partial charge on any atom is 0.243 e. The third-order valence-electron chi connectivity index (χ3n) is 12.4. The fourth-order valence-corrected chi connectivity index (χ4v) is 10.7. The molecule has 4 aromatic rings. The van der Waals surface area contributed by atoms with E-state index in [2.05, 4.69) is 36.9 Å². The van der Waals surface area contributed by atoms with Gasteiger partial charge in [-0.3, -0.25) is 29.3 Å². The van der Waals surface area contributed by atoms with Crippen molar-refractivity contribution in [2.24, 2.45) is 17.4 Å². The summed E-state index contributed by atoms with van der Waals surface area (Å²) >= 11 is 0. The van der Waals surface area contributed by atoms with Gasteiger partial charge in [0.25, 0.3) is 0 Å². The van der Waals surface area contributed by atoms with Crippen molar-refractivity contribution < 1.29 is 44.4 Å². The Labute approximate surface area is 417 Å². The molecule has 5 rings (SSSR count). The monoisotopic (exact) mass is 1010 g/mol. The Morgan fingerprint density at radius 3 is 2.00 bits per heavy atom. The lowest BCUT2D eigenvalue weighted by molar-refractivity contribution is -0.134. The number of H-pyrrole nitrogens is 1. The molecule has 5 amide bonds. The summed E-state index contributed by atoms with van der Waals surface area (Å²) in [6.45, 7) is 2.77. The normalized spacial score (nSPS) is 23.7. The summed E-state index contributed by atoms with van der Waals surface area (Å²) in [5.74, 6) is -3.65. The lowest BCUT2D eigenvalue weighted by atomic mass is 9.96. The van der Waals surface area contributed by atoms with Crippen molar-refractivity contribution in [1.29, 1.82) is 0 Å². The summed E-state index contributed by atoms with van der Waals surface area (Å²) in [5, 5.41) is 60.8. The van der Waals surface area contributed by atoms with Crippen LogP contribution >= 0.6 is 21.6 Å². The van der Waals surface area contributed by atoms with E-state index >= 15 is 0 Å². The smallest absolute Gasteiger partial charge is 0.243 e. The number of hydrogen-bond donors (Lipinski definition) is 13. The number of benzene rings is 3. The molecule has 0 aliphatic carbocycles. The van der Waals surface area contributed by atoms with Gasteiger partial charge in [0.1, 0.15) is 24.4 Å². The first kappa shape index (κ1) is 55.9. The van der Waals surface area contributed by atoms with Crippen molar-refractivity contribution in [3.63, 3.8) is 0 Å². The van der Waals surface area contributed by atoms with Crippen molar-refractivity contribution >= 4 is 62.0 Å².